The molecule has 4 heteroatoms. The van der Waals surface area contributed by atoms with Crippen molar-refractivity contribution in [1.29, 1.82) is 0 Å². The van der Waals surface area contributed by atoms with Gasteiger partial charge >= 0.3 is 6.03 Å². The van der Waals surface area contributed by atoms with Crippen LogP contribution in [0.2, 0.25) is 0 Å². The largest absolute Gasteiger partial charge is 0.497 e. The van der Waals surface area contributed by atoms with Gasteiger partial charge in [0.25, 0.3) is 0 Å². The third kappa shape index (κ3) is 3.65. The van der Waals surface area contributed by atoms with Crippen molar-refractivity contribution in [3.05, 3.63) is 29.8 Å². The van der Waals surface area contributed by atoms with Crippen molar-refractivity contribution in [2.75, 3.05) is 13.7 Å². The lowest BCUT2D eigenvalue weighted by Crippen LogP contribution is -2.48. The van der Waals surface area contributed by atoms with E-state index < -0.39 is 0 Å². The minimum atomic E-state index is -0.207. The summed E-state index contributed by atoms with van der Waals surface area (Å²) >= 11 is 0. The lowest BCUT2D eigenvalue weighted by atomic mass is 9.96. The number of carbonyl (C=O) groups is 1. The highest BCUT2D eigenvalue weighted by molar-refractivity contribution is 5.74. The fraction of sp³-hybridized carbons (Fsp3) is 0.562. The monoisotopic (exact) mass is 276 g/mol. The SMILES string of the molecule is COc1ccc(C2(CNC(=O)NC(C)(C)C)CC2)cc1. The van der Waals surface area contributed by atoms with Gasteiger partial charge in [0.05, 0.1) is 7.11 Å². The number of hydrogen-bond donors (Lipinski definition) is 2. The number of benzene rings is 1. The number of nitrogens with one attached hydrogen (secondary N) is 2. The molecule has 0 radical (unpaired) electrons. The fourth-order valence-electron chi connectivity index (χ4n) is 2.30. The molecule has 2 amide bonds. The summed E-state index contributed by atoms with van der Waals surface area (Å²) in [5, 5.41) is 5.91. The van der Waals surface area contributed by atoms with Crippen molar-refractivity contribution >= 4 is 6.03 Å². The molecule has 0 saturated heterocycles. The van der Waals surface area contributed by atoms with Crippen LogP contribution in [0.5, 0.6) is 5.75 Å². The summed E-state index contributed by atoms with van der Waals surface area (Å²) in [6, 6.07) is 8.04. The Morgan fingerprint density at radius 3 is 2.30 bits per heavy atom. The highest BCUT2D eigenvalue weighted by atomic mass is 16.5. The van der Waals surface area contributed by atoms with Crippen molar-refractivity contribution in [2.24, 2.45) is 0 Å². The van der Waals surface area contributed by atoms with Gasteiger partial charge in [-0.3, -0.25) is 0 Å². The maximum atomic E-state index is 11.8. The van der Waals surface area contributed by atoms with Crippen LogP contribution >= 0.6 is 0 Å². The normalized spacial score (nSPS) is 16.4. The van der Waals surface area contributed by atoms with Crippen LogP contribution in [0.3, 0.4) is 0 Å². The molecule has 4 nitrogen and oxygen atoms in total. The lowest BCUT2D eigenvalue weighted by Gasteiger charge is -2.23. The average Bonchev–Trinajstić information content (AvgIpc) is 3.16. The number of methoxy groups -OCH3 is 1. The molecule has 0 spiro atoms. The summed E-state index contributed by atoms with van der Waals surface area (Å²) in [4.78, 5) is 11.8. The van der Waals surface area contributed by atoms with Crippen molar-refractivity contribution in [3.8, 4) is 5.75 Å². The van der Waals surface area contributed by atoms with Crippen molar-refractivity contribution < 1.29 is 9.53 Å². The van der Waals surface area contributed by atoms with E-state index in [4.69, 9.17) is 4.74 Å². The standard InChI is InChI=1S/C16H24N2O2/c1-15(2,3)18-14(19)17-11-16(9-10-16)12-5-7-13(20-4)8-6-12/h5-8H,9-11H2,1-4H3,(H2,17,18,19). The zero-order valence-corrected chi connectivity index (χ0v) is 12.7. The lowest BCUT2D eigenvalue weighted by molar-refractivity contribution is 0.231. The van der Waals surface area contributed by atoms with Crippen LogP contribution in [-0.4, -0.2) is 25.2 Å². The first-order chi connectivity index (χ1) is 9.35. The topological polar surface area (TPSA) is 50.4 Å². The molecule has 2 N–H and O–H groups in total. The Bertz CT molecular complexity index is 470. The number of rotatable bonds is 4. The van der Waals surface area contributed by atoms with Crippen LogP contribution < -0.4 is 15.4 Å². The first kappa shape index (κ1) is 14.7. The van der Waals surface area contributed by atoms with E-state index in [-0.39, 0.29) is 17.0 Å². The molecule has 0 aromatic heterocycles. The molecule has 2 rings (SSSR count). The molecule has 0 aliphatic heterocycles. The molecule has 20 heavy (non-hydrogen) atoms. The summed E-state index contributed by atoms with van der Waals surface area (Å²) in [6.45, 7) is 6.61. The second kappa shape index (κ2) is 5.35. The smallest absolute Gasteiger partial charge is 0.315 e. The summed E-state index contributed by atoms with van der Waals surface area (Å²) in [7, 11) is 1.67. The minimum Gasteiger partial charge on any atom is -0.497 e. The highest BCUT2D eigenvalue weighted by Crippen LogP contribution is 2.47. The van der Waals surface area contributed by atoms with Gasteiger partial charge in [-0.05, 0) is 51.3 Å². The Kier molecular flexibility index (Phi) is 3.93. The molecule has 1 aromatic rings. The summed E-state index contributed by atoms with van der Waals surface area (Å²) in [5.41, 5.74) is 1.18. The van der Waals surface area contributed by atoms with Crippen molar-refractivity contribution in [2.45, 2.75) is 44.6 Å². The molecule has 0 bridgehead atoms. The van der Waals surface area contributed by atoms with Crippen LogP contribution in [0.15, 0.2) is 24.3 Å². The Hall–Kier alpha value is -1.71. The number of carbonyl (C=O) groups excluding carboxylic acids is 1. The highest BCUT2D eigenvalue weighted by Gasteiger charge is 2.44. The molecule has 1 aromatic carbocycles. The van der Waals surface area contributed by atoms with Gasteiger partial charge in [-0.1, -0.05) is 12.1 Å². The molecular weight excluding hydrogens is 252 g/mol. The quantitative estimate of drug-likeness (QED) is 0.888. The Morgan fingerprint density at radius 1 is 1.25 bits per heavy atom. The molecular formula is C16H24N2O2. The Balaban J connectivity index is 1.93. The molecule has 1 aliphatic rings. The van der Waals surface area contributed by atoms with Crippen molar-refractivity contribution in [1.82, 2.24) is 10.6 Å². The number of urea groups is 1. The molecule has 0 unspecified atom stereocenters. The average molecular weight is 276 g/mol. The van der Waals surface area contributed by atoms with Gasteiger partial charge in [0.1, 0.15) is 5.75 Å². The van der Waals surface area contributed by atoms with Gasteiger partial charge in [0, 0.05) is 17.5 Å². The maximum absolute atomic E-state index is 11.8. The van der Waals surface area contributed by atoms with Gasteiger partial charge in [0.15, 0.2) is 0 Å². The Labute approximate surface area is 120 Å². The van der Waals surface area contributed by atoms with E-state index >= 15 is 0 Å². The van der Waals surface area contributed by atoms with E-state index in [1.54, 1.807) is 7.11 Å². The predicted molar refractivity (Wildman–Crippen MR) is 80.2 cm³/mol. The third-order valence-electron chi connectivity index (χ3n) is 3.63. The molecule has 1 aliphatic carbocycles. The third-order valence-corrected chi connectivity index (χ3v) is 3.63. The van der Waals surface area contributed by atoms with Crippen LogP contribution in [0.4, 0.5) is 4.79 Å². The number of hydrogen-bond acceptors (Lipinski definition) is 2. The van der Waals surface area contributed by atoms with Crippen LogP contribution in [0.25, 0.3) is 0 Å². The van der Waals surface area contributed by atoms with Gasteiger partial charge < -0.3 is 15.4 Å². The molecule has 110 valence electrons. The predicted octanol–water partition coefficient (Wildman–Crippen LogP) is 2.82. The van der Waals surface area contributed by atoms with Gasteiger partial charge in [-0.15, -0.1) is 0 Å². The van der Waals surface area contributed by atoms with Crippen LogP contribution in [0, 0.1) is 0 Å². The van der Waals surface area contributed by atoms with E-state index in [2.05, 4.69) is 22.8 Å². The minimum absolute atomic E-state index is 0.0997. The summed E-state index contributed by atoms with van der Waals surface area (Å²) in [6.07, 6.45) is 2.24. The molecule has 0 atom stereocenters. The molecule has 1 saturated carbocycles. The van der Waals surface area contributed by atoms with E-state index in [0.717, 1.165) is 18.6 Å². The first-order valence-electron chi connectivity index (χ1n) is 7.05. The number of amides is 2. The molecule has 1 fully saturated rings. The van der Waals surface area contributed by atoms with Crippen LogP contribution in [-0.2, 0) is 5.41 Å². The second-order valence-electron chi connectivity index (χ2n) is 6.57. The van der Waals surface area contributed by atoms with Crippen molar-refractivity contribution in [3.63, 3.8) is 0 Å². The van der Waals surface area contributed by atoms with E-state index in [1.165, 1.54) is 5.56 Å². The van der Waals surface area contributed by atoms with E-state index in [0.29, 0.717) is 6.54 Å². The maximum Gasteiger partial charge on any atom is 0.315 e. The zero-order chi connectivity index (χ0) is 14.8. The van der Waals surface area contributed by atoms with E-state index in [9.17, 15) is 4.79 Å². The Morgan fingerprint density at radius 2 is 1.85 bits per heavy atom. The summed E-state index contributed by atoms with van der Waals surface area (Å²) < 4.78 is 5.18. The van der Waals surface area contributed by atoms with Crippen LogP contribution in [0.1, 0.15) is 39.2 Å². The van der Waals surface area contributed by atoms with Gasteiger partial charge in [-0.2, -0.15) is 0 Å². The van der Waals surface area contributed by atoms with E-state index in [1.807, 2.05) is 32.9 Å². The fourth-order valence-corrected chi connectivity index (χ4v) is 2.30. The van der Waals surface area contributed by atoms with Gasteiger partial charge in [0.2, 0.25) is 0 Å². The van der Waals surface area contributed by atoms with Gasteiger partial charge in [-0.25, -0.2) is 4.79 Å². The summed E-state index contributed by atoms with van der Waals surface area (Å²) in [5.74, 6) is 0.864. The number of ether oxygens (including phenoxy) is 1. The molecule has 0 heterocycles. The second-order valence-corrected chi connectivity index (χ2v) is 6.57. The zero-order valence-electron chi connectivity index (χ0n) is 12.7. The first-order valence-corrected chi connectivity index (χ1v) is 7.05.